The predicted molar refractivity (Wildman–Crippen MR) is 72.1 cm³/mol. The van der Waals surface area contributed by atoms with E-state index in [1.165, 1.54) is 0 Å². The van der Waals surface area contributed by atoms with E-state index in [1.54, 1.807) is 6.92 Å². The number of allylic oxidation sites excluding steroid dienone is 5. The first-order chi connectivity index (χ1) is 8.16. The Morgan fingerprint density at radius 1 is 1.29 bits per heavy atom. The molecule has 0 atom stereocenters. The van der Waals surface area contributed by atoms with Crippen LogP contribution in [0.15, 0.2) is 53.1 Å². The number of carbonyl (C=O) groups is 1. The molecule has 0 fully saturated rings. The van der Waals surface area contributed by atoms with Crippen LogP contribution in [0.3, 0.4) is 0 Å². The highest BCUT2D eigenvalue weighted by Crippen LogP contribution is 2.25. The second kappa shape index (κ2) is 5.15. The zero-order valence-electron chi connectivity index (χ0n) is 9.61. The van der Waals surface area contributed by atoms with Crippen molar-refractivity contribution in [2.24, 2.45) is 0 Å². The van der Waals surface area contributed by atoms with Gasteiger partial charge in [-0.2, -0.15) is 0 Å². The van der Waals surface area contributed by atoms with Gasteiger partial charge in [0.25, 0.3) is 0 Å². The first kappa shape index (κ1) is 11.9. The van der Waals surface area contributed by atoms with Crippen LogP contribution in [0.25, 0.3) is 6.08 Å². The molecule has 0 heterocycles. The minimum absolute atomic E-state index is 0.0781. The number of halogens is 1. The average Bonchev–Trinajstić information content (AvgIpc) is 2.83. The molecule has 0 aromatic heterocycles. The smallest absolute Gasteiger partial charge is 0.159 e. The van der Waals surface area contributed by atoms with Gasteiger partial charge in [0.05, 0.1) is 0 Å². The van der Waals surface area contributed by atoms with Gasteiger partial charge in [-0.25, -0.2) is 0 Å². The Morgan fingerprint density at radius 3 is 2.53 bits per heavy atom. The molecule has 1 aromatic carbocycles. The summed E-state index contributed by atoms with van der Waals surface area (Å²) in [4.78, 5) is 11.1. The van der Waals surface area contributed by atoms with E-state index in [2.05, 4.69) is 6.08 Å². The quantitative estimate of drug-likeness (QED) is 0.723. The fourth-order valence-corrected chi connectivity index (χ4v) is 1.94. The third-order valence-corrected chi connectivity index (χ3v) is 3.04. The highest BCUT2D eigenvalue weighted by Gasteiger charge is 2.04. The van der Waals surface area contributed by atoms with Gasteiger partial charge in [0.2, 0.25) is 0 Å². The fourth-order valence-electron chi connectivity index (χ4n) is 1.68. The van der Waals surface area contributed by atoms with Crippen LogP contribution < -0.4 is 0 Å². The molecule has 0 saturated carbocycles. The van der Waals surface area contributed by atoms with E-state index < -0.39 is 0 Å². The standard InChI is InChI=1S/C15H13ClO/c1-11(17)13-8-6-12(7-9-13)10-15(16)14-4-2-3-5-14/h2-4,6-10H,5H2,1H3/b15-10-. The van der Waals surface area contributed by atoms with E-state index >= 15 is 0 Å². The molecule has 1 nitrogen and oxygen atoms in total. The van der Waals surface area contributed by atoms with Crippen molar-refractivity contribution < 1.29 is 4.79 Å². The number of carbonyl (C=O) groups excluding carboxylic acids is 1. The summed E-state index contributed by atoms with van der Waals surface area (Å²) in [5.74, 6) is 0.0781. The first-order valence-corrected chi connectivity index (χ1v) is 5.89. The Morgan fingerprint density at radius 2 is 2.00 bits per heavy atom. The van der Waals surface area contributed by atoms with Gasteiger partial charge < -0.3 is 0 Å². The van der Waals surface area contributed by atoms with Crippen molar-refractivity contribution >= 4 is 23.5 Å². The van der Waals surface area contributed by atoms with Crippen molar-refractivity contribution in [3.63, 3.8) is 0 Å². The van der Waals surface area contributed by atoms with Gasteiger partial charge in [0.1, 0.15) is 0 Å². The van der Waals surface area contributed by atoms with E-state index in [-0.39, 0.29) is 5.78 Å². The highest BCUT2D eigenvalue weighted by atomic mass is 35.5. The van der Waals surface area contributed by atoms with Crippen molar-refractivity contribution in [3.8, 4) is 0 Å². The summed E-state index contributed by atoms with van der Waals surface area (Å²) < 4.78 is 0. The zero-order chi connectivity index (χ0) is 12.3. The van der Waals surface area contributed by atoms with Crippen molar-refractivity contribution in [3.05, 3.63) is 64.2 Å². The van der Waals surface area contributed by atoms with Crippen LogP contribution in [0, 0.1) is 0 Å². The maximum atomic E-state index is 11.1. The molecule has 0 saturated heterocycles. The lowest BCUT2D eigenvalue weighted by atomic mass is 10.1. The first-order valence-electron chi connectivity index (χ1n) is 5.51. The van der Waals surface area contributed by atoms with Crippen LogP contribution in [0.4, 0.5) is 0 Å². The zero-order valence-corrected chi connectivity index (χ0v) is 10.4. The molecule has 1 aliphatic rings. The van der Waals surface area contributed by atoms with E-state index in [1.807, 2.05) is 42.5 Å². The molecule has 86 valence electrons. The summed E-state index contributed by atoms with van der Waals surface area (Å²) in [6.45, 7) is 1.56. The molecule has 0 unspecified atom stereocenters. The van der Waals surface area contributed by atoms with E-state index in [4.69, 9.17) is 11.6 Å². The van der Waals surface area contributed by atoms with E-state index in [0.29, 0.717) is 0 Å². The topological polar surface area (TPSA) is 17.1 Å². The minimum atomic E-state index is 0.0781. The van der Waals surface area contributed by atoms with Crippen molar-refractivity contribution in [1.29, 1.82) is 0 Å². The summed E-state index contributed by atoms with van der Waals surface area (Å²) in [6.07, 6.45) is 8.91. The normalized spacial score (nSPS) is 14.9. The van der Waals surface area contributed by atoms with Gasteiger partial charge in [0, 0.05) is 10.6 Å². The molecule has 0 N–H and O–H groups in total. The Bertz CT molecular complexity index is 518. The second-order valence-electron chi connectivity index (χ2n) is 3.99. The number of benzene rings is 1. The van der Waals surface area contributed by atoms with Gasteiger partial charge in [-0.05, 0) is 30.6 Å². The lowest BCUT2D eigenvalue weighted by Crippen LogP contribution is -1.90. The van der Waals surface area contributed by atoms with Crippen LogP contribution >= 0.6 is 11.6 Å². The fraction of sp³-hybridized carbons (Fsp3) is 0.133. The van der Waals surface area contributed by atoms with Gasteiger partial charge in [-0.3, -0.25) is 4.79 Å². The maximum Gasteiger partial charge on any atom is 0.159 e. The number of rotatable bonds is 3. The largest absolute Gasteiger partial charge is 0.295 e. The Labute approximate surface area is 106 Å². The summed E-state index contributed by atoms with van der Waals surface area (Å²) in [5, 5.41) is 0.755. The Balaban J connectivity index is 2.18. The van der Waals surface area contributed by atoms with Crippen LogP contribution in [0.2, 0.25) is 0 Å². The molecule has 1 aliphatic carbocycles. The Hall–Kier alpha value is -1.60. The van der Waals surface area contributed by atoms with Crippen molar-refractivity contribution in [1.82, 2.24) is 0 Å². The summed E-state index contributed by atoms with van der Waals surface area (Å²) in [5.41, 5.74) is 2.86. The average molecular weight is 245 g/mol. The molecule has 17 heavy (non-hydrogen) atoms. The minimum Gasteiger partial charge on any atom is -0.295 e. The van der Waals surface area contributed by atoms with E-state index in [9.17, 15) is 4.79 Å². The number of ketones is 1. The number of Topliss-reactive ketones (excluding diaryl/α,β-unsaturated/α-hetero) is 1. The predicted octanol–water partition coefficient (Wildman–Crippen LogP) is 4.36. The second-order valence-corrected chi connectivity index (χ2v) is 4.40. The molecule has 2 heteroatoms. The van der Waals surface area contributed by atoms with E-state index in [0.717, 1.165) is 28.2 Å². The maximum absolute atomic E-state index is 11.1. The molecule has 1 aromatic rings. The monoisotopic (exact) mass is 244 g/mol. The molecule has 0 amide bonds. The van der Waals surface area contributed by atoms with Crippen LogP contribution in [0.5, 0.6) is 0 Å². The number of hydrogen-bond acceptors (Lipinski definition) is 1. The lowest BCUT2D eigenvalue weighted by molar-refractivity contribution is 0.101. The third-order valence-electron chi connectivity index (χ3n) is 2.69. The van der Waals surface area contributed by atoms with Crippen molar-refractivity contribution in [2.75, 3.05) is 0 Å². The van der Waals surface area contributed by atoms with Crippen molar-refractivity contribution in [2.45, 2.75) is 13.3 Å². The molecule has 2 rings (SSSR count). The van der Waals surface area contributed by atoms with Gasteiger partial charge >= 0.3 is 0 Å². The molecule has 0 aliphatic heterocycles. The molecule has 0 spiro atoms. The Kier molecular flexibility index (Phi) is 3.60. The SMILES string of the molecule is CC(=O)c1ccc(/C=C(\Cl)C2=CC=CC2)cc1. The highest BCUT2D eigenvalue weighted by molar-refractivity contribution is 6.34. The molecule has 0 radical (unpaired) electrons. The van der Waals surface area contributed by atoms with Crippen LogP contribution in [0.1, 0.15) is 29.3 Å². The van der Waals surface area contributed by atoms with Gasteiger partial charge in [-0.1, -0.05) is 54.1 Å². The summed E-state index contributed by atoms with van der Waals surface area (Å²) in [7, 11) is 0. The summed E-state index contributed by atoms with van der Waals surface area (Å²) >= 11 is 6.21. The lowest BCUT2D eigenvalue weighted by Gasteiger charge is -2.01. The summed E-state index contributed by atoms with van der Waals surface area (Å²) in [6, 6.07) is 7.45. The van der Waals surface area contributed by atoms with Crippen LogP contribution in [-0.4, -0.2) is 5.78 Å². The van der Waals surface area contributed by atoms with Gasteiger partial charge in [0.15, 0.2) is 5.78 Å². The van der Waals surface area contributed by atoms with Gasteiger partial charge in [-0.15, -0.1) is 0 Å². The molecular formula is C15H13ClO. The third kappa shape index (κ3) is 2.95. The van der Waals surface area contributed by atoms with Crippen LogP contribution in [-0.2, 0) is 0 Å². The number of hydrogen-bond donors (Lipinski definition) is 0. The molecular weight excluding hydrogens is 232 g/mol. The molecule has 0 bridgehead atoms.